The Balaban J connectivity index is 1.83. The van der Waals surface area contributed by atoms with Gasteiger partial charge < -0.3 is 10.0 Å². The summed E-state index contributed by atoms with van der Waals surface area (Å²) in [5.41, 5.74) is -0.513. The number of hydrogen-bond donors (Lipinski definition) is 1. The molecule has 0 spiro atoms. The van der Waals surface area contributed by atoms with Crippen LogP contribution in [0.5, 0.6) is 0 Å². The van der Waals surface area contributed by atoms with Crippen LogP contribution in [-0.4, -0.2) is 59.6 Å². The molecule has 0 aromatic rings. The van der Waals surface area contributed by atoms with Crippen LogP contribution in [0.3, 0.4) is 0 Å². The molecule has 2 aliphatic heterocycles. The lowest BCUT2D eigenvalue weighted by Gasteiger charge is -2.37. The number of nitrogens with zero attached hydrogens (tertiary/aromatic N) is 2. The first-order chi connectivity index (χ1) is 8.55. The zero-order valence-electron chi connectivity index (χ0n) is 11.7. The molecule has 0 amide bonds. The number of piperidine rings is 1. The van der Waals surface area contributed by atoms with Gasteiger partial charge in [0.05, 0.1) is 5.41 Å². The van der Waals surface area contributed by atoms with Crippen LogP contribution in [-0.2, 0) is 4.79 Å². The van der Waals surface area contributed by atoms with Crippen LogP contribution in [0.2, 0.25) is 0 Å². The molecule has 1 N–H and O–H groups in total. The molecule has 2 aliphatic rings. The van der Waals surface area contributed by atoms with Gasteiger partial charge in [-0.1, -0.05) is 6.92 Å². The molecule has 0 radical (unpaired) electrons. The van der Waals surface area contributed by atoms with E-state index in [1.807, 2.05) is 6.92 Å². The minimum absolute atomic E-state index is 0.513. The van der Waals surface area contributed by atoms with Crippen molar-refractivity contribution in [1.82, 2.24) is 9.80 Å². The molecule has 0 bridgehead atoms. The van der Waals surface area contributed by atoms with Gasteiger partial charge in [0.25, 0.3) is 0 Å². The van der Waals surface area contributed by atoms with Crippen molar-refractivity contribution in [3.63, 3.8) is 0 Å². The minimum Gasteiger partial charge on any atom is -0.481 e. The topological polar surface area (TPSA) is 43.8 Å². The first kappa shape index (κ1) is 13.8. The molecule has 2 heterocycles. The molecule has 0 aromatic heterocycles. The van der Waals surface area contributed by atoms with Crippen LogP contribution in [0.15, 0.2) is 0 Å². The maximum absolute atomic E-state index is 11.3. The van der Waals surface area contributed by atoms with E-state index in [9.17, 15) is 9.90 Å². The lowest BCUT2D eigenvalue weighted by Crippen LogP contribution is -2.45. The average molecular weight is 254 g/mol. The highest BCUT2D eigenvalue weighted by Crippen LogP contribution is 2.33. The molecule has 18 heavy (non-hydrogen) atoms. The van der Waals surface area contributed by atoms with E-state index >= 15 is 0 Å². The molecule has 2 fully saturated rings. The molecule has 0 aliphatic carbocycles. The van der Waals surface area contributed by atoms with Crippen molar-refractivity contribution >= 4 is 5.97 Å². The van der Waals surface area contributed by atoms with E-state index in [4.69, 9.17) is 0 Å². The Morgan fingerprint density at radius 1 is 1.33 bits per heavy atom. The highest BCUT2D eigenvalue weighted by Gasteiger charge is 2.42. The molecule has 0 saturated carbocycles. The maximum Gasteiger partial charge on any atom is 0.310 e. The normalized spacial score (nSPS) is 31.9. The van der Waals surface area contributed by atoms with E-state index in [1.54, 1.807) is 0 Å². The molecule has 2 rings (SSSR count). The molecule has 2 saturated heterocycles. The van der Waals surface area contributed by atoms with Crippen molar-refractivity contribution in [2.24, 2.45) is 5.41 Å². The van der Waals surface area contributed by atoms with Crippen molar-refractivity contribution in [1.29, 1.82) is 0 Å². The predicted octanol–water partition coefficient (Wildman–Crippen LogP) is 1.66. The second-order valence-corrected chi connectivity index (χ2v) is 6.16. The number of aliphatic carboxylic acids is 1. The molecule has 1 atom stereocenters. The fraction of sp³-hybridized carbons (Fsp3) is 0.929. The second kappa shape index (κ2) is 5.57. The lowest BCUT2D eigenvalue weighted by atomic mass is 9.90. The van der Waals surface area contributed by atoms with Gasteiger partial charge in [-0.15, -0.1) is 0 Å². The number of rotatable bonds is 4. The Labute approximate surface area is 110 Å². The van der Waals surface area contributed by atoms with Gasteiger partial charge in [-0.3, -0.25) is 9.69 Å². The molecule has 0 aromatic carbocycles. The summed E-state index contributed by atoms with van der Waals surface area (Å²) in [5.74, 6) is -0.631. The smallest absolute Gasteiger partial charge is 0.310 e. The summed E-state index contributed by atoms with van der Waals surface area (Å²) in [5, 5.41) is 9.27. The van der Waals surface area contributed by atoms with E-state index in [0.717, 1.165) is 19.5 Å². The summed E-state index contributed by atoms with van der Waals surface area (Å²) >= 11 is 0. The highest BCUT2D eigenvalue weighted by molar-refractivity contribution is 5.74. The Morgan fingerprint density at radius 3 is 2.50 bits per heavy atom. The second-order valence-electron chi connectivity index (χ2n) is 6.16. The molecular weight excluding hydrogens is 228 g/mol. The monoisotopic (exact) mass is 254 g/mol. The van der Waals surface area contributed by atoms with E-state index < -0.39 is 11.4 Å². The number of carbonyl (C=O) groups is 1. The average Bonchev–Trinajstić information content (AvgIpc) is 2.75. The van der Waals surface area contributed by atoms with Crippen molar-refractivity contribution in [3.8, 4) is 0 Å². The predicted molar refractivity (Wildman–Crippen MR) is 71.7 cm³/mol. The van der Waals surface area contributed by atoms with Crippen molar-refractivity contribution < 1.29 is 9.90 Å². The van der Waals surface area contributed by atoms with Crippen molar-refractivity contribution in [3.05, 3.63) is 0 Å². The Bertz CT molecular complexity index is 300. The maximum atomic E-state index is 11.3. The standard InChI is InChI=1S/C14H26N2O2/c1-3-7-15-8-4-12(5-9-15)16-10-6-14(2,11-16)13(17)18/h12H,3-11H2,1-2H3,(H,17,18). The first-order valence-corrected chi connectivity index (χ1v) is 7.25. The molecular formula is C14H26N2O2. The van der Waals surface area contributed by atoms with Crippen LogP contribution in [0.1, 0.15) is 39.5 Å². The van der Waals surface area contributed by atoms with E-state index in [1.165, 1.54) is 38.9 Å². The third-order valence-corrected chi connectivity index (χ3v) is 4.63. The Hall–Kier alpha value is -0.610. The summed E-state index contributed by atoms with van der Waals surface area (Å²) in [4.78, 5) is 16.2. The number of carboxylic acids is 1. The molecule has 104 valence electrons. The minimum atomic E-state index is -0.631. The lowest BCUT2D eigenvalue weighted by molar-refractivity contribution is -0.147. The SMILES string of the molecule is CCCN1CCC(N2CCC(C)(C(=O)O)C2)CC1. The van der Waals surface area contributed by atoms with Crippen LogP contribution in [0, 0.1) is 5.41 Å². The third-order valence-electron chi connectivity index (χ3n) is 4.63. The zero-order chi connectivity index (χ0) is 13.2. The summed E-state index contributed by atoms with van der Waals surface area (Å²) in [6, 6.07) is 0.610. The number of likely N-dealkylation sites (tertiary alicyclic amines) is 2. The first-order valence-electron chi connectivity index (χ1n) is 7.25. The summed E-state index contributed by atoms with van der Waals surface area (Å²) in [7, 11) is 0. The van der Waals surface area contributed by atoms with Gasteiger partial charge in [0.2, 0.25) is 0 Å². The van der Waals surface area contributed by atoms with Crippen LogP contribution in [0.25, 0.3) is 0 Å². The van der Waals surface area contributed by atoms with Crippen molar-refractivity contribution in [2.45, 2.75) is 45.6 Å². The third kappa shape index (κ3) is 2.86. The zero-order valence-corrected chi connectivity index (χ0v) is 11.7. The van der Waals surface area contributed by atoms with E-state index in [2.05, 4.69) is 16.7 Å². The summed E-state index contributed by atoms with van der Waals surface area (Å²) in [6.45, 7) is 9.38. The largest absolute Gasteiger partial charge is 0.481 e. The summed E-state index contributed by atoms with van der Waals surface area (Å²) in [6.07, 6.45) is 4.44. The summed E-state index contributed by atoms with van der Waals surface area (Å²) < 4.78 is 0. The molecule has 4 nitrogen and oxygen atoms in total. The van der Waals surface area contributed by atoms with Gasteiger partial charge in [-0.25, -0.2) is 0 Å². The molecule has 4 heteroatoms. The fourth-order valence-electron chi connectivity index (χ4n) is 3.31. The van der Waals surface area contributed by atoms with Gasteiger partial charge in [0.15, 0.2) is 0 Å². The molecule has 1 unspecified atom stereocenters. The Kier molecular flexibility index (Phi) is 4.28. The van der Waals surface area contributed by atoms with Gasteiger partial charge in [-0.05, 0) is 58.8 Å². The number of carboxylic acid groups (broad SMARTS) is 1. The van der Waals surface area contributed by atoms with Gasteiger partial charge >= 0.3 is 5.97 Å². The fourth-order valence-corrected chi connectivity index (χ4v) is 3.31. The van der Waals surface area contributed by atoms with Crippen LogP contribution in [0.4, 0.5) is 0 Å². The highest BCUT2D eigenvalue weighted by atomic mass is 16.4. The van der Waals surface area contributed by atoms with Crippen LogP contribution >= 0.6 is 0 Å². The van der Waals surface area contributed by atoms with Crippen molar-refractivity contribution in [2.75, 3.05) is 32.7 Å². The quantitative estimate of drug-likeness (QED) is 0.828. The van der Waals surface area contributed by atoms with E-state index in [-0.39, 0.29) is 0 Å². The number of hydrogen-bond acceptors (Lipinski definition) is 3. The van der Waals surface area contributed by atoms with Gasteiger partial charge in [0.1, 0.15) is 0 Å². The van der Waals surface area contributed by atoms with Gasteiger partial charge in [-0.2, -0.15) is 0 Å². The van der Waals surface area contributed by atoms with Crippen LogP contribution < -0.4 is 0 Å². The Morgan fingerprint density at radius 2 is 2.00 bits per heavy atom. The van der Waals surface area contributed by atoms with E-state index in [0.29, 0.717) is 6.04 Å². The van der Waals surface area contributed by atoms with Gasteiger partial charge in [0, 0.05) is 12.6 Å².